The molecule has 0 saturated heterocycles. The van der Waals surface area contributed by atoms with Crippen LogP contribution in [0, 0.1) is 0 Å². The molecule has 92 valence electrons. The highest BCUT2D eigenvalue weighted by Gasteiger charge is 2.25. The average Bonchev–Trinajstić information content (AvgIpc) is 2.08. The number of rotatable bonds is 6. The Kier molecular flexibility index (Phi) is 5.49. The van der Waals surface area contributed by atoms with Crippen molar-refractivity contribution in [1.29, 1.82) is 0 Å². The fourth-order valence-corrected chi connectivity index (χ4v) is 0.992. The van der Waals surface area contributed by atoms with Gasteiger partial charge in [-0.1, -0.05) is 0 Å². The number of carbonyl (C=O) groups excluding carboxylic acids is 2. The predicted octanol–water partition coefficient (Wildman–Crippen LogP) is 0.307. The van der Waals surface area contributed by atoms with Gasteiger partial charge in [0.15, 0.2) is 0 Å². The van der Waals surface area contributed by atoms with Crippen molar-refractivity contribution < 1.29 is 24.2 Å². The molecule has 6 heteroatoms. The summed E-state index contributed by atoms with van der Waals surface area (Å²) in [5, 5.41) is 10.7. The van der Waals surface area contributed by atoms with Gasteiger partial charge in [0.05, 0.1) is 0 Å². The minimum Gasteiger partial charge on any atom is -0.481 e. The lowest BCUT2D eigenvalue weighted by Gasteiger charge is -2.23. The molecule has 0 fully saturated rings. The lowest BCUT2D eigenvalue weighted by atomic mass is 10.1. The number of nitrogens with one attached hydrogen (secondary N) is 1. The van der Waals surface area contributed by atoms with Crippen LogP contribution in [0.4, 0.5) is 0 Å². The first-order chi connectivity index (χ1) is 7.26. The van der Waals surface area contributed by atoms with Gasteiger partial charge in [-0.2, -0.15) is 0 Å². The van der Waals surface area contributed by atoms with Crippen molar-refractivity contribution >= 4 is 18.3 Å². The van der Waals surface area contributed by atoms with E-state index in [1.165, 1.54) is 0 Å². The number of esters is 1. The van der Waals surface area contributed by atoms with Gasteiger partial charge in [0.1, 0.15) is 11.6 Å². The summed E-state index contributed by atoms with van der Waals surface area (Å²) in [5.74, 6) is -1.65. The monoisotopic (exact) mass is 231 g/mol. The summed E-state index contributed by atoms with van der Waals surface area (Å²) in [5.41, 5.74) is -0.664. The highest BCUT2D eigenvalue weighted by Crippen LogP contribution is 2.10. The maximum atomic E-state index is 11.5. The highest BCUT2D eigenvalue weighted by molar-refractivity contribution is 5.79. The van der Waals surface area contributed by atoms with Gasteiger partial charge in [0.2, 0.25) is 6.41 Å². The van der Waals surface area contributed by atoms with E-state index >= 15 is 0 Å². The minimum absolute atomic E-state index is 0.0169. The summed E-state index contributed by atoms with van der Waals surface area (Å²) in [6, 6.07) is -0.909. The van der Waals surface area contributed by atoms with Crippen LogP contribution in [0.15, 0.2) is 0 Å². The van der Waals surface area contributed by atoms with Crippen molar-refractivity contribution in [1.82, 2.24) is 5.32 Å². The Labute approximate surface area is 94.0 Å². The van der Waals surface area contributed by atoms with Crippen LogP contribution in [0.25, 0.3) is 0 Å². The van der Waals surface area contributed by atoms with Gasteiger partial charge in [-0.3, -0.25) is 9.59 Å². The van der Waals surface area contributed by atoms with Crippen LogP contribution in [-0.4, -0.2) is 35.1 Å². The zero-order chi connectivity index (χ0) is 12.8. The standard InChI is InChI=1S/C10H17NO5/c1-10(2,3)16-9(15)7(11-6-12)4-5-8(13)14/h6-7H,4-5H2,1-3H3,(H,11,12)(H,13,14). The van der Waals surface area contributed by atoms with Crippen molar-refractivity contribution in [2.75, 3.05) is 0 Å². The molecule has 6 nitrogen and oxygen atoms in total. The Balaban J connectivity index is 4.34. The van der Waals surface area contributed by atoms with E-state index in [1.807, 2.05) is 0 Å². The van der Waals surface area contributed by atoms with E-state index in [2.05, 4.69) is 5.32 Å². The summed E-state index contributed by atoms with van der Waals surface area (Å²) in [7, 11) is 0. The normalized spacial score (nSPS) is 12.7. The molecule has 0 spiro atoms. The second-order valence-corrected chi connectivity index (χ2v) is 4.30. The van der Waals surface area contributed by atoms with Gasteiger partial charge in [-0.25, -0.2) is 4.79 Å². The number of amides is 1. The van der Waals surface area contributed by atoms with Crippen molar-refractivity contribution in [3.63, 3.8) is 0 Å². The number of carboxylic acids is 1. The van der Waals surface area contributed by atoms with Crippen molar-refractivity contribution in [2.24, 2.45) is 0 Å². The molecule has 0 heterocycles. The van der Waals surface area contributed by atoms with Crippen LogP contribution in [0.1, 0.15) is 33.6 Å². The third-order valence-corrected chi connectivity index (χ3v) is 1.61. The first-order valence-electron chi connectivity index (χ1n) is 4.90. The summed E-state index contributed by atoms with van der Waals surface area (Å²) in [4.78, 5) is 32.1. The van der Waals surface area contributed by atoms with Crippen LogP contribution in [0.2, 0.25) is 0 Å². The van der Waals surface area contributed by atoms with Crippen LogP contribution >= 0.6 is 0 Å². The molecule has 16 heavy (non-hydrogen) atoms. The molecule has 1 amide bonds. The van der Waals surface area contributed by atoms with Gasteiger partial charge in [-0.15, -0.1) is 0 Å². The molecule has 0 aromatic carbocycles. The van der Waals surface area contributed by atoms with E-state index in [0.717, 1.165) is 0 Å². The van der Waals surface area contributed by atoms with Gasteiger partial charge in [-0.05, 0) is 27.2 Å². The van der Waals surface area contributed by atoms with E-state index in [-0.39, 0.29) is 12.8 Å². The molecule has 1 atom stereocenters. The second-order valence-electron chi connectivity index (χ2n) is 4.30. The Hall–Kier alpha value is -1.59. The number of hydrogen-bond donors (Lipinski definition) is 2. The smallest absolute Gasteiger partial charge is 0.329 e. The maximum absolute atomic E-state index is 11.5. The first-order valence-corrected chi connectivity index (χ1v) is 4.90. The summed E-state index contributed by atoms with van der Waals surface area (Å²) in [6.45, 7) is 5.08. The molecule has 0 aliphatic heterocycles. The average molecular weight is 231 g/mol. The minimum atomic E-state index is -1.03. The summed E-state index contributed by atoms with van der Waals surface area (Å²) in [6.07, 6.45) is 0.171. The molecule has 0 aromatic rings. The molecule has 0 bridgehead atoms. The molecule has 1 unspecified atom stereocenters. The van der Waals surface area contributed by atoms with Gasteiger partial charge in [0, 0.05) is 6.42 Å². The highest BCUT2D eigenvalue weighted by atomic mass is 16.6. The third-order valence-electron chi connectivity index (χ3n) is 1.61. The Morgan fingerprint density at radius 2 is 2.00 bits per heavy atom. The van der Waals surface area contributed by atoms with E-state index in [4.69, 9.17) is 9.84 Å². The molecule has 0 rings (SSSR count). The third kappa shape index (κ3) is 6.80. The number of carboxylic acid groups (broad SMARTS) is 1. The molecule has 0 saturated carbocycles. The van der Waals surface area contributed by atoms with E-state index < -0.39 is 23.6 Å². The number of ether oxygens (including phenoxy) is 1. The van der Waals surface area contributed by atoms with Crippen molar-refractivity contribution in [3.05, 3.63) is 0 Å². The second kappa shape index (κ2) is 6.09. The fourth-order valence-electron chi connectivity index (χ4n) is 0.992. The van der Waals surface area contributed by atoms with Crippen LogP contribution in [0.5, 0.6) is 0 Å². The van der Waals surface area contributed by atoms with Gasteiger partial charge in [0.25, 0.3) is 0 Å². The molecular weight excluding hydrogens is 214 g/mol. The predicted molar refractivity (Wildman–Crippen MR) is 55.7 cm³/mol. The zero-order valence-electron chi connectivity index (χ0n) is 9.65. The lowest BCUT2D eigenvalue weighted by Crippen LogP contribution is -2.41. The topological polar surface area (TPSA) is 92.7 Å². The summed E-state index contributed by atoms with van der Waals surface area (Å²) >= 11 is 0. The number of aliphatic carboxylic acids is 1. The summed E-state index contributed by atoms with van der Waals surface area (Å²) < 4.78 is 5.03. The zero-order valence-corrected chi connectivity index (χ0v) is 9.65. The SMILES string of the molecule is CC(C)(C)OC(=O)C(CCC(=O)O)NC=O. The maximum Gasteiger partial charge on any atom is 0.329 e. The largest absolute Gasteiger partial charge is 0.481 e. The molecule has 0 aliphatic carbocycles. The molecule has 2 N–H and O–H groups in total. The van der Waals surface area contributed by atoms with E-state index in [9.17, 15) is 14.4 Å². The molecule has 0 aliphatic rings. The van der Waals surface area contributed by atoms with Crippen molar-refractivity contribution in [2.45, 2.75) is 45.3 Å². The van der Waals surface area contributed by atoms with Gasteiger partial charge < -0.3 is 15.2 Å². The molecule has 0 radical (unpaired) electrons. The Bertz CT molecular complexity index is 269. The van der Waals surface area contributed by atoms with Crippen molar-refractivity contribution in [3.8, 4) is 0 Å². The Morgan fingerprint density at radius 3 is 2.38 bits per heavy atom. The number of carbonyl (C=O) groups is 3. The quantitative estimate of drug-likeness (QED) is 0.507. The molecular formula is C10H17NO5. The van der Waals surface area contributed by atoms with E-state index in [0.29, 0.717) is 6.41 Å². The molecule has 0 aromatic heterocycles. The Morgan fingerprint density at radius 1 is 1.44 bits per heavy atom. The van der Waals surface area contributed by atoms with Crippen LogP contribution in [-0.2, 0) is 19.1 Å². The first kappa shape index (κ1) is 14.4. The lowest BCUT2D eigenvalue weighted by molar-refractivity contribution is -0.158. The van der Waals surface area contributed by atoms with Crippen LogP contribution in [0.3, 0.4) is 0 Å². The van der Waals surface area contributed by atoms with Gasteiger partial charge >= 0.3 is 11.9 Å². The van der Waals surface area contributed by atoms with E-state index in [1.54, 1.807) is 20.8 Å². The number of hydrogen-bond acceptors (Lipinski definition) is 4. The van der Waals surface area contributed by atoms with Crippen LogP contribution < -0.4 is 5.32 Å². The fraction of sp³-hybridized carbons (Fsp3) is 0.700.